The summed E-state index contributed by atoms with van der Waals surface area (Å²) in [5.41, 5.74) is 6.71. The fourth-order valence-electron chi connectivity index (χ4n) is 5.28. The normalized spacial score (nSPS) is 16.8. The van der Waals surface area contributed by atoms with Gasteiger partial charge in [-0.15, -0.1) is 11.3 Å². The minimum atomic E-state index is -0.136. The molecule has 5 aromatic rings. The summed E-state index contributed by atoms with van der Waals surface area (Å²) in [6.07, 6.45) is 3.67. The first-order valence-corrected chi connectivity index (χ1v) is 14.2. The van der Waals surface area contributed by atoms with Gasteiger partial charge in [0.25, 0.3) is 5.56 Å². The van der Waals surface area contributed by atoms with Gasteiger partial charge in [0.15, 0.2) is 4.80 Å². The molecule has 7 rings (SSSR count). The highest BCUT2D eigenvalue weighted by Gasteiger charge is 2.33. The molecule has 0 amide bonds. The number of hydrogen-bond acceptors (Lipinski definition) is 5. The molecule has 0 N–H and O–H groups in total. The summed E-state index contributed by atoms with van der Waals surface area (Å²) >= 11 is 9.32. The van der Waals surface area contributed by atoms with Gasteiger partial charge in [0.2, 0.25) is 0 Å². The largest absolute Gasteiger partial charge is 0.457 e. The van der Waals surface area contributed by atoms with Gasteiger partial charge in [-0.1, -0.05) is 59.3 Å². The summed E-state index contributed by atoms with van der Waals surface area (Å²) in [5.74, 6) is 1.35. The van der Waals surface area contributed by atoms with Crippen molar-refractivity contribution in [3.8, 4) is 11.3 Å². The van der Waals surface area contributed by atoms with Crippen LogP contribution in [0, 0.1) is 6.92 Å². The number of nitrogens with zero attached hydrogens (tertiary/aromatic N) is 2. The molecule has 3 aromatic heterocycles. The summed E-state index contributed by atoms with van der Waals surface area (Å²) in [7, 11) is 0. The Balaban J connectivity index is 1.39. The van der Waals surface area contributed by atoms with Crippen molar-refractivity contribution in [3.05, 3.63) is 130 Å². The van der Waals surface area contributed by atoms with Crippen LogP contribution in [0.3, 0.4) is 0 Å². The van der Waals surface area contributed by atoms with Crippen molar-refractivity contribution in [1.82, 2.24) is 4.57 Å². The molecule has 0 saturated heterocycles. The second-order valence-electron chi connectivity index (χ2n) is 9.29. The lowest BCUT2D eigenvalue weighted by atomic mass is 9.85. The molecule has 0 fully saturated rings. The van der Waals surface area contributed by atoms with E-state index in [0.717, 1.165) is 45.1 Å². The summed E-state index contributed by atoms with van der Waals surface area (Å²) in [6, 6.07) is 22.1. The summed E-state index contributed by atoms with van der Waals surface area (Å²) < 4.78 is 8.63. The number of thiophene rings is 1. The van der Waals surface area contributed by atoms with Gasteiger partial charge in [0, 0.05) is 27.1 Å². The van der Waals surface area contributed by atoms with E-state index < -0.39 is 0 Å². The quantitative estimate of drug-likeness (QED) is 0.259. The third-order valence-electron chi connectivity index (χ3n) is 7.05. The number of hydrogen-bond donors (Lipinski definition) is 0. The van der Waals surface area contributed by atoms with Crippen LogP contribution in [-0.4, -0.2) is 4.57 Å². The molecule has 4 nitrogen and oxygen atoms in total. The molecule has 7 heteroatoms. The highest BCUT2D eigenvalue weighted by Crippen LogP contribution is 2.42. The number of aryl methyl sites for hydroxylation is 2. The molecule has 0 bridgehead atoms. The molecule has 1 aliphatic heterocycles. The van der Waals surface area contributed by atoms with Crippen molar-refractivity contribution in [2.24, 2.45) is 4.99 Å². The molecule has 1 aliphatic carbocycles. The fourth-order valence-corrected chi connectivity index (χ4v) is 7.28. The highest BCUT2D eigenvalue weighted by molar-refractivity contribution is 7.10. The van der Waals surface area contributed by atoms with E-state index in [2.05, 4.69) is 41.8 Å². The molecule has 182 valence electrons. The average Bonchev–Trinajstić information content (AvgIpc) is 3.66. The molecule has 2 aromatic carbocycles. The highest BCUT2D eigenvalue weighted by atomic mass is 35.5. The summed E-state index contributed by atoms with van der Waals surface area (Å²) in [4.78, 5) is 20.8. The Bertz CT molecular complexity index is 1890. The number of fused-ring (bicyclic) bond motifs is 3. The lowest BCUT2D eigenvalue weighted by molar-refractivity contribution is 0.570. The number of benzene rings is 2. The van der Waals surface area contributed by atoms with E-state index in [4.69, 9.17) is 21.0 Å². The van der Waals surface area contributed by atoms with Crippen LogP contribution in [0.5, 0.6) is 0 Å². The third-order valence-corrected chi connectivity index (χ3v) is 9.19. The van der Waals surface area contributed by atoms with E-state index in [1.54, 1.807) is 11.3 Å². The Morgan fingerprint density at radius 1 is 1.05 bits per heavy atom. The summed E-state index contributed by atoms with van der Waals surface area (Å²) in [5, 5.41) is 2.73. The molecule has 0 saturated carbocycles. The average molecular weight is 541 g/mol. The van der Waals surface area contributed by atoms with E-state index in [0.29, 0.717) is 15.3 Å². The number of halogens is 1. The molecule has 1 atom stereocenters. The topological polar surface area (TPSA) is 47.5 Å². The van der Waals surface area contributed by atoms with E-state index in [9.17, 15) is 4.79 Å². The van der Waals surface area contributed by atoms with Crippen molar-refractivity contribution in [2.45, 2.75) is 25.8 Å². The lowest BCUT2D eigenvalue weighted by Crippen LogP contribution is -2.38. The van der Waals surface area contributed by atoms with Crippen LogP contribution in [0.25, 0.3) is 23.1 Å². The molecule has 0 radical (unpaired) electrons. The molecule has 4 heterocycles. The molecule has 0 unspecified atom stereocenters. The van der Waals surface area contributed by atoms with E-state index >= 15 is 0 Å². The zero-order valence-corrected chi connectivity index (χ0v) is 22.3. The van der Waals surface area contributed by atoms with Crippen LogP contribution in [-0.2, 0) is 6.42 Å². The van der Waals surface area contributed by atoms with E-state index in [-0.39, 0.29) is 11.6 Å². The number of furan rings is 1. The second-order valence-corrected chi connectivity index (χ2v) is 11.7. The summed E-state index contributed by atoms with van der Waals surface area (Å²) in [6.45, 7) is 2.02. The van der Waals surface area contributed by atoms with Gasteiger partial charge in [-0.2, -0.15) is 0 Å². The zero-order chi connectivity index (χ0) is 25.1. The Hall–Kier alpha value is -3.45. The van der Waals surface area contributed by atoms with Gasteiger partial charge in [0.05, 0.1) is 16.3 Å². The first-order chi connectivity index (χ1) is 18.1. The van der Waals surface area contributed by atoms with E-state index in [1.807, 2.05) is 47.9 Å². The Morgan fingerprint density at radius 2 is 1.95 bits per heavy atom. The predicted octanol–water partition coefficient (Wildman–Crippen LogP) is 6.60. The van der Waals surface area contributed by atoms with Crippen molar-refractivity contribution in [3.63, 3.8) is 0 Å². The predicted molar refractivity (Wildman–Crippen MR) is 151 cm³/mol. The maximum atomic E-state index is 13.8. The van der Waals surface area contributed by atoms with Gasteiger partial charge in [-0.3, -0.25) is 9.36 Å². The van der Waals surface area contributed by atoms with Crippen molar-refractivity contribution in [1.29, 1.82) is 0 Å². The Labute approximate surface area is 226 Å². The van der Waals surface area contributed by atoms with Crippen molar-refractivity contribution in [2.75, 3.05) is 0 Å². The van der Waals surface area contributed by atoms with Crippen molar-refractivity contribution >= 4 is 46.0 Å². The monoisotopic (exact) mass is 540 g/mol. The van der Waals surface area contributed by atoms with Crippen LogP contribution in [0.4, 0.5) is 0 Å². The molecule has 0 spiro atoms. The van der Waals surface area contributed by atoms with Crippen LogP contribution < -0.4 is 14.9 Å². The van der Waals surface area contributed by atoms with Gasteiger partial charge in [-0.05, 0) is 72.2 Å². The molecule has 37 heavy (non-hydrogen) atoms. The zero-order valence-electron chi connectivity index (χ0n) is 19.9. The lowest BCUT2D eigenvalue weighted by Gasteiger charge is -2.30. The molecule has 2 aliphatic rings. The smallest absolute Gasteiger partial charge is 0.271 e. The minimum absolute atomic E-state index is 0.0376. The fraction of sp³-hybridized carbons (Fsp3) is 0.133. The van der Waals surface area contributed by atoms with Crippen molar-refractivity contribution < 1.29 is 4.42 Å². The minimum Gasteiger partial charge on any atom is -0.457 e. The standard InChI is InChI=1S/C30H21ClN2O2S2/c1-17-8-10-19(31)15-23(17)24-13-11-20(35-24)16-26-29(34)33-28(25-7-4-14-36-25)22-12-9-18-5-2-3-6-21(18)27(22)32-30(33)37-26/h2-8,10-11,13-16,28H,9,12H2,1H3/b26-16+/t28-/m0/s1. The first-order valence-electron chi connectivity index (χ1n) is 12.1. The van der Waals surface area contributed by atoms with Gasteiger partial charge < -0.3 is 4.42 Å². The van der Waals surface area contributed by atoms with Crippen LogP contribution in [0.2, 0.25) is 5.02 Å². The van der Waals surface area contributed by atoms with Crippen LogP contribution in [0.15, 0.2) is 91.9 Å². The SMILES string of the molecule is Cc1ccc(Cl)cc1-c1ccc(/C=c2/sc3n(c2=O)[C@H](c2cccs2)C2=C(N=3)c3ccccc3CC2)o1. The van der Waals surface area contributed by atoms with Gasteiger partial charge in [0.1, 0.15) is 11.5 Å². The maximum Gasteiger partial charge on any atom is 0.271 e. The Morgan fingerprint density at radius 3 is 2.81 bits per heavy atom. The number of thiazole rings is 1. The molecular formula is C30H21ClN2O2S2. The third kappa shape index (κ3) is 3.79. The molecular weight excluding hydrogens is 520 g/mol. The second kappa shape index (κ2) is 8.84. The number of rotatable bonds is 3. The maximum absolute atomic E-state index is 13.8. The Kier molecular flexibility index (Phi) is 5.43. The van der Waals surface area contributed by atoms with E-state index in [1.165, 1.54) is 28.0 Å². The van der Waals surface area contributed by atoms with Gasteiger partial charge >= 0.3 is 0 Å². The first kappa shape index (κ1) is 22.7. The van der Waals surface area contributed by atoms with Crippen LogP contribution >= 0.6 is 34.3 Å². The number of aromatic nitrogens is 1. The van der Waals surface area contributed by atoms with Gasteiger partial charge in [-0.25, -0.2) is 4.99 Å². The van der Waals surface area contributed by atoms with Crippen LogP contribution in [0.1, 0.15) is 39.8 Å². The number of allylic oxidation sites excluding steroid dienone is 1.